The number of benzene rings is 1. The molecule has 0 saturated heterocycles. The molecule has 0 bridgehead atoms. The van der Waals surface area contributed by atoms with E-state index in [1.54, 1.807) is 12.1 Å². The van der Waals surface area contributed by atoms with Crippen LogP contribution in [0.2, 0.25) is 10.2 Å². The Morgan fingerprint density at radius 2 is 1.78 bits per heavy atom. The van der Waals surface area contributed by atoms with E-state index < -0.39 is 0 Å². The third-order valence-corrected chi connectivity index (χ3v) is 2.68. The van der Waals surface area contributed by atoms with Crippen LogP contribution in [-0.2, 0) is 6.54 Å². The van der Waals surface area contributed by atoms with Gasteiger partial charge in [0.2, 0.25) is 0 Å². The zero-order valence-electron chi connectivity index (χ0n) is 9.23. The lowest BCUT2D eigenvalue weighted by Crippen LogP contribution is -2.24. The van der Waals surface area contributed by atoms with Crippen molar-refractivity contribution >= 4 is 29.1 Å². The minimum Gasteiger partial charge on any atom is -0.347 e. The molecule has 0 unspecified atom stereocenters. The number of nitrogens with one attached hydrogen (secondary N) is 1. The van der Waals surface area contributed by atoms with Gasteiger partial charge in [-0.05, 0) is 29.8 Å². The van der Waals surface area contributed by atoms with E-state index in [2.05, 4.69) is 15.5 Å². The smallest absolute Gasteiger partial charge is 0.272 e. The van der Waals surface area contributed by atoms with E-state index in [4.69, 9.17) is 23.2 Å². The van der Waals surface area contributed by atoms with E-state index in [-0.39, 0.29) is 16.8 Å². The Kier molecular flexibility index (Phi) is 4.12. The molecule has 4 nitrogen and oxygen atoms in total. The second kappa shape index (κ2) is 5.80. The Bertz CT molecular complexity index is 540. The summed E-state index contributed by atoms with van der Waals surface area (Å²) in [5, 5.41) is 10.9. The van der Waals surface area contributed by atoms with Crippen LogP contribution in [0, 0.1) is 0 Å². The normalized spacial score (nSPS) is 10.1. The summed E-state index contributed by atoms with van der Waals surface area (Å²) in [6.45, 7) is 0.403. The van der Waals surface area contributed by atoms with Gasteiger partial charge in [-0.25, -0.2) is 0 Å². The predicted octanol–water partition coefficient (Wildman–Crippen LogP) is 2.71. The van der Waals surface area contributed by atoms with E-state index in [1.807, 2.05) is 12.1 Å². The molecular weight excluding hydrogens is 273 g/mol. The minimum absolute atomic E-state index is 0.230. The molecule has 0 fully saturated rings. The van der Waals surface area contributed by atoms with Crippen molar-refractivity contribution in [1.82, 2.24) is 15.5 Å². The first kappa shape index (κ1) is 12.8. The van der Waals surface area contributed by atoms with Crippen molar-refractivity contribution in [3.63, 3.8) is 0 Å². The first-order chi connectivity index (χ1) is 8.65. The van der Waals surface area contributed by atoms with E-state index in [0.717, 1.165) is 5.56 Å². The van der Waals surface area contributed by atoms with E-state index in [0.29, 0.717) is 11.6 Å². The fourth-order valence-corrected chi connectivity index (χ4v) is 1.54. The highest BCUT2D eigenvalue weighted by Crippen LogP contribution is 2.09. The summed E-state index contributed by atoms with van der Waals surface area (Å²) in [7, 11) is 0. The first-order valence-electron chi connectivity index (χ1n) is 5.17. The van der Waals surface area contributed by atoms with E-state index in [9.17, 15) is 4.79 Å². The molecular formula is C12H9Cl2N3O. The monoisotopic (exact) mass is 281 g/mol. The van der Waals surface area contributed by atoms with Gasteiger partial charge in [0.1, 0.15) is 0 Å². The SMILES string of the molecule is O=C(NCc1ccc(Cl)cc1)c1ccc(Cl)nn1. The van der Waals surface area contributed by atoms with Crippen LogP contribution >= 0.6 is 23.2 Å². The molecule has 1 amide bonds. The summed E-state index contributed by atoms with van der Waals surface area (Å²) in [5.74, 6) is -0.297. The van der Waals surface area contributed by atoms with Crippen LogP contribution in [0.25, 0.3) is 0 Å². The molecule has 0 atom stereocenters. The van der Waals surface area contributed by atoms with Crippen molar-refractivity contribution in [3.8, 4) is 0 Å². The van der Waals surface area contributed by atoms with Crippen molar-refractivity contribution in [1.29, 1.82) is 0 Å². The van der Waals surface area contributed by atoms with Crippen LogP contribution in [0.3, 0.4) is 0 Å². The Morgan fingerprint density at radius 1 is 1.06 bits per heavy atom. The van der Waals surface area contributed by atoms with Crippen LogP contribution in [-0.4, -0.2) is 16.1 Å². The number of amides is 1. The van der Waals surface area contributed by atoms with E-state index >= 15 is 0 Å². The molecule has 18 heavy (non-hydrogen) atoms. The molecule has 1 heterocycles. The summed E-state index contributed by atoms with van der Waals surface area (Å²) in [6.07, 6.45) is 0. The second-order valence-corrected chi connectivity index (χ2v) is 4.37. The number of rotatable bonds is 3. The Labute approximate surface area is 114 Å². The van der Waals surface area contributed by atoms with Gasteiger partial charge in [-0.15, -0.1) is 10.2 Å². The van der Waals surface area contributed by atoms with Crippen molar-refractivity contribution in [2.75, 3.05) is 0 Å². The second-order valence-electron chi connectivity index (χ2n) is 3.55. The highest BCUT2D eigenvalue weighted by Gasteiger charge is 2.07. The molecule has 92 valence electrons. The molecule has 1 N–H and O–H groups in total. The average Bonchev–Trinajstić information content (AvgIpc) is 2.38. The van der Waals surface area contributed by atoms with Crippen LogP contribution in [0.5, 0.6) is 0 Å². The third-order valence-electron chi connectivity index (χ3n) is 2.23. The summed E-state index contributed by atoms with van der Waals surface area (Å²) in [6, 6.07) is 10.3. The molecule has 0 aliphatic heterocycles. The van der Waals surface area contributed by atoms with Crippen molar-refractivity contribution < 1.29 is 4.79 Å². The van der Waals surface area contributed by atoms with Gasteiger partial charge in [0.25, 0.3) is 5.91 Å². The number of nitrogens with zero attached hydrogens (tertiary/aromatic N) is 2. The summed E-state index contributed by atoms with van der Waals surface area (Å²) in [4.78, 5) is 11.7. The molecule has 2 rings (SSSR count). The average molecular weight is 282 g/mol. The number of carbonyl (C=O) groups excluding carboxylic acids is 1. The lowest BCUT2D eigenvalue weighted by molar-refractivity contribution is 0.0945. The maximum atomic E-state index is 11.7. The van der Waals surface area contributed by atoms with Crippen molar-refractivity contribution in [2.45, 2.75) is 6.54 Å². The number of halogens is 2. The van der Waals surface area contributed by atoms with Crippen molar-refractivity contribution in [2.24, 2.45) is 0 Å². The van der Waals surface area contributed by atoms with Crippen LogP contribution in [0.4, 0.5) is 0 Å². The maximum Gasteiger partial charge on any atom is 0.272 e. The summed E-state index contributed by atoms with van der Waals surface area (Å²) < 4.78 is 0. The van der Waals surface area contributed by atoms with Crippen LogP contribution in [0.15, 0.2) is 36.4 Å². The van der Waals surface area contributed by atoms with Crippen LogP contribution < -0.4 is 5.32 Å². The molecule has 0 spiro atoms. The van der Waals surface area contributed by atoms with Gasteiger partial charge in [0, 0.05) is 11.6 Å². The molecule has 2 aromatic rings. The lowest BCUT2D eigenvalue weighted by Gasteiger charge is -2.04. The number of aromatic nitrogens is 2. The molecule has 0 radical (unpaired) electrons. The molecule has 1 aromatic heterocycles. The van der Waals surface area contributed by atoms with Gasteiger partial charge in [0.05, 0.1) is 0 Å². The Balaban J connectivity index is 1.96. The third kappa shape index (κ3) is 3.42. The Hall–Kier alpha value is -1.65. The molecule has 0 aliphatic rings. The van der Waals surface area contributed by atoms with Gasteiger partial charge < -0.3 is 5.32 Å². The fraction of sp³-hybridized carbons (Fsp3) is 0.0833. The predicted molar refractivity (Wildman–Crippen MR) is 69.7 cm³/mol. The minimum atomic E-state index is -0.297. The van der Waals surface area contributed by atoms with E-state index in [1.165, 1.54) is 12.1 Å². The summed E-state index contributed by atoms with van der Waals surface area (Å²) >= 11 is 11.4. The molecule has 0 aliphatic carbocycles. The highest BCUT2D eigenvalue weighted by molar-refractivity contribution is 6.30. The summed E-state index contributed by atoms with van der Waals surface area (Å²) in [5.41, 5.74) is 1.18. The Morgan fingerprint density at radius 3 is 2.39 bits per heavy atom. The quantitative estimate of drug-likeness (QED) is 0.941. The zero-order valence-corrected chi connectivity index (χ0v) is 10.7. The zero-order chi connectivity index (χ0) is 13.0. The standard InChI is InChI=1S/C12H9Cl2N3O/c13-9-3-1-8(2-4-9)7-15-12(18)10-5-6-11(14)17-16-10/h1-6H,7H2,(H,15,18). The van der Waals surface area contributed by atoms with Crippen molar-refractivity contribution in [3.05, 3.63) is 57.8 Å². The molecule has 0 saturated carbocycles. The number of carbonyl (C=O) groups is 1. The lowest BCUT2D eigenvalue weighted by atomic mass is 10.2. The van der Waals surface area contributed by atoms with Gasteiger partial charge >= 0.3 is 0 Å². The topological polar surface area (TPSA) is 54.9 Å². The van der Waals surface area contributed by atoms with Gasteiger partial charge in [-0.1, -0.05) is 35.3 Å². The number of hydrogen-bond donors (Lipinski definition) is 1. The van der Waals surface area contributed by atoms with Crippen LogP contribution in [0.1, 0.15) is 16.1 Å². The molecule has 1 aromatic carbocycles. The fourth-order valence-electron chi connectivity index (χ4n) is 1.31. The maximum absolute atomic E-state index is 11.7. The van der Waals surface area contributed by atoms with Gasteiger partial charge in [0.15, 0.2) is 10.8 Å². The van der Waals surface area contributed by atoms with Gasteiger partial charge in [-0.2, -0.15) is 0 Å². The van der Waals surface area contributed by atoms with Gasteiger partial charge in [-0.3, -0.25) is 4.79 Å². The largest absolute Gasteiger partial charge is 0.347 e. The first-order valence-corrected chi connectivity index (χ1v) is 5.92. The molecule has 6 heteroatoms. The number of hydrogen-bond acceptors (Lipinski definition) is 3. The highest BCUT2D eigenvalue weighted by atomic mass is 35.5.